The van der Waals surface area contributed by atoms with Crippen molar-refractivity contribution in [1.29, 1.82) is 0 Å². The van der Waals surface area contributed by atoms with Gasteiger partial charge in [0.2, 0.25) is 5.95 Å². The lowest BCUT2D eigenvalue weighted by atomic mass is 10.0. The van der Waals surface area contributed by atoms with Crippen LogP contribution in [0.2, 0.25) is 0 Å². The van der Waals surface area contributed by atoms with Gasteiger partial charge >= 0.3 is 0 Å². The summed E-state index contributed by atoms with van der Waals surface area (Å²) in [4.78, 5) is 25.5. The monoisotopic (exact) mass is 755 g/mol. The first-order chi connectivity index (χ1) is 29.2. The summed E-state index contributed by atoms with van der Waals surface area (Å²) in [6, 6.07) is 68.9. The van der Waals surface area contributed by atoms with Gasteiger partial charge in [0.1, 0.15) is 5.52 Å². The minimum absolute atomic E-state index is 0.196. The molecule has 0 amide bonds. The van der Waals surface area contributed by atoms with E-state index < -0.39 is 0 Å². The number of aromatic nitrogens is 5. The molecule has 0 atom stereocenters. The molecule has 0 aliphatic rings. The number of hydrogen-bond donors (Lipinski definition) is 0. The molecular formula is C53H33N5O. The van der Waals surface area contributed by atoms with Crippen molar-refractivity contribution in [2.24, 2.45) is 0 Å². The molecule has 12 rings (SSSR count). The molecule has 0 aliphatic carbocycles. The number of fused-ring (bicyclic) bond motifs is 9. The molecule has 6 heteroatoms. The Balaban J connectivity index is 1.11. The van der Waals surface area contributed by atoms with Crippen LogP contribution in [0.5, 0.6) is 0 Å². The van der Waals surface area contributed by atoms with Gasteiger partial charge in [0.15, 0.2) is 0 Å². The van der Waals surface area contributed by atoms with Crippen LogP contribution in [0.3, 0.4) is 0 Å². The zero-order valence-electron chi connectivity index (χ0n) is 31.7. The number of pyridine rings is 1. The number of para-hydroxylation sites is 5. The third-order valence-corrected chi connectivity index (χ3v) is 11.7. The molecule has 0 aliphatic heterocycles. The molecule has 6 nitrogen and oxygen atoms in total. The van der Waals surface area contributed by atoms with E-state index in [9.17, 15) is 4.79 Å². The van der Waals surface area contributed by atoms with Crippen molar-refractivity contribution in [3.63, 3.8) is 0 Å². The third kappa shape index (κ3) is 5.03. The number of benzene rings is 8. The first kappa shape index (κ1) is 33.1. The lowest BCUT2D eigenvalue weighted by molar-refractivity contribution is 0.994. The molecule has 4 aromatic heterocycles. The molecule has 0 bridgehead atoms. The summed E-state index contributed by atoms with van der Waals surface area (Å²) in [5.41, 5.74) is 11.0. The zero-order valence-corrected chi connectivity index (χ0v) is 31.7. The van der Waals surface area contributed by atoms with E-state index >= 15 is 0 Å². The van der Waals surface area contributed by atoms with Crippen LogP contribution in [-0.2, 0) is 0 Å². The van der Waals surface area contributed by atoms with E-state index in [2.05, 4.69) is 137 Å². The molecule has 4 heterocycles. The fourth-order valence-electron chi connectivity index (χ4n) is 9.07. The largest absolute Gasteiger partial charge is 0.309 e. The highest BCUT2D eigenvalue weighted by Gasteiger charge is 2.23. The smallest absolute Gasteiger partial charge is 0.282 e. The molecule has 0 saturated heterocycles. The van der Waals surface area contributed by atoms with Crippen LogP contribution in [0, 0.1) is 0 Å². The average Bonchev–Trinajstić information content (AvgIpc) is 3.82. The van der Waals surface area contributed by atoms with Crippen molar-refractivity contribution in [3.05, 3.63) is 211 Å². The van der Waals surface area contributed by atoms with Crippen LogP contribution in [-0.4, -0.2) is 23.7 Å². The Kier molecular flexibility index (Phi) is 7.28. The van der Waals surface area contributed by atoms with Crippen LogP contribution >= 0.6 is 0 Å². The SMILES string of the molecule is O=c1c2nc(-n3c4ccccc4c4cc(-c5ccc6c(c5)c5ccccc5n6-c5ccccc5)ccc43)nc(-c3ccccc3)c2c2ccccc2n1-c1ccccc1. The number of hydrogen-bond acceptors (Lipinski definition) is 3. The van der Waals surface area contributed by atoms with E-state index in [1.807, 2.05) is 72.8 Å². The number of rotatable bonds is 5. The Hall–Kier alpha value is -8.09. The highest BCUT2D eigenvalue weighted by Crippen LogP contribution is 2.39. The predicted molar refractivity (Wildman–Crippen MR) is 242 cm³/mol. The van der Waals surface area contributed by atoms with Gasteiger partial charge in [-0.3, -0.25) is 13.9 Å². The lowest BCUT2D eigenvalue weighted by Gasteiger charge is -2.16. The molecule has 12 aromatic rings. The first-order valence-corrected chi connectivity index (χ1v) is 19.8. The van der Waals surface area contributed by atoms with Gasteiger partial charge in [-0.2, -0.15) is 0 Å². The predicted octanol–water partition coefficient (Wildman–Crippen LogP) is 12.5. The molecule has 0 radical (unpaired) electrons. The molecule has 0 saturated carbocycles. The van der Waals surface area contributed by atoms with Crippen molar-refractivity contribution < 1.29 is 0 Å². The van der Waals surface area contributed by atoms with Gasteiger partial charge in [-0.25, -0.2) is 9.97 Å². The maximum absolute atomic E-state index is 14.9. The van der Waals surface area contributed by atoms with Crippen LogP contribution in [0.4, 0.5) is 0 Å². The Labute approximate surface area is 338 Å². The molecule has 0 unspecified atom stereocenters. The van der Waals surface area contributed by atoms with E-state index in [0.29, 0.717) is 17.2 Å². The normalized spacial score (nSPS) is 11.8. The van der Waals surface area contributed by atoms with Gasteiger partial charge in [0.25, 0.3) is 5.56 Å². The second-order valence-corrected chi connectivity index (χ2v) is 15.0. The first-order valence-electron chi connectivity index (χ1n) is 19.8. The molecular weight excluding hydrogens is 723 g/mol. The summed E-state index contributed by atoms with van der Waals surface area (Å²) in [7, 11) is 0. The fraction of sp³-hybridized carbons (Fsp3) is 0. The Morgan fingerprint density at radius 3 is 1.37 bits per heavy atom. The fourth-order valence-corrected chi connectivity index (χ4v) is 9.07. The zero-order chi connectivity index (χ0) is 39.0. The van der Waals surface area contributed by atoms with E-state index in [1.54, 1.807) is 4.57 Å². The third-order valence-electron chi connectivity index (χ3n) is 11.7. The molecule has 276 valence electrons. The van der Waals surface area contributed by atoms with E-state index in [1.165, 1.54) is 21.8 Å². The Morgan fingerprint density at radius 2 is 0.780 bits per heavy atom. The van der Waals surface area contributed by atoms with Gasteiger partial charge in [-0.15, -0.1) is 0 Å². The molecule has 59 heavy (non-hydrogen) atoms. The summed E-state index contributed by atoms with van der Waals surface area (Å²) in [5.74, 6) is 0.442. The highest BCUT2D eigenvalue weighted by molar-refractivity contribution is 6.14. The topological polar surface area (TPSA) is 57.6 Å². The molecule has 0 N–H and O–H groups in total. The van der Waals surface area contributed by atoms with Gasteiger partial charge in [0, 0.05) is 49.3 Å². The van der Waals surface area contributed by atoms with E-state index in [4.69, 9.17) is 9.97 Å². The van der Waals surface area contributed by atoms with E-state index in [0.717, 1.165) is 66.2 Å². The van der Waals surface area contributed by atoms with Gasteiger partial charge < -0.3 is 4.57 Å². The van der Waals surface area contributed by atoms with Crippen molar-refractivity contribution in [3.8, 4) is 39.7 Å². The standard InChI is InChI=1S/C53H33N5O/c59-52-51-49(41-24-12-15-27-46(41)57(52)38-20-8-3-9-21-38)50(34-16-4-1-5-17-34)54-53(55-51)58-45-26-14-11-23-40(45)43-33-36(29-31-48(43)58)35-28-30-47-42(32-35)39-22-10-13-25-44(39)56(47)37-18-6-2-7-19-37/h1-33H. The summed E-state index contributed by atoms with van der Waals surface area (Å²) in [5, 5.41) is 6.22. The van der Waals surface area contributed by atoms with Gasteiger partial charge in [-0.05, 0) is 77.9 Å². The van der Waals surface area contributed by atoms with Gasteiger partial charge in [-0.1, -0.05) is 133 Å². The second kappa shape index (κ2) is 13.0. The summed E-state index contributed by atoms with van der Waals surface area (Å²) in [6.07, 6.45) is 0. The van der Waals surface area contributed by atoms with Crippen molar-refractivity contribution >= 4 is 65.4 Å². The van der Waals surface area contributed by atoms with Crippen molar-refractivity contribution in [1.82, 2.24) is 23.7 Å². The maximum atomic E-state index is 14.9. The minimum Gasteiger partial charge on any atom is -0.309 e. The van der Waals surface area contributed by atoms with Crippen molar-refractivity contribution in [2.75, 3.05) is 0 Å². The molecule has 0 spiro atoms. The quantitative estimate of drug-likeness (QED) is 0.164. The maximum Gasteiger partial charge on any atom is 0.282 e. The van der Waals surface area contributed by atoms with Crippen molar-refractivity contribution in [2.45, 2.75) is 0 Å². The molecule has 8 aromatic carbocycles. The van der Waals surface area contributed by atoms with E-state index in [-0.39, 0.29) is 5.56 Å². The van der Waals surface area contributed by atoms with Gasteiger partial charge in [0.05, 0.1) is 33.3 Å². The summed E-state index contributed by atoms with van der Waals surface area (Å²) < 4.78 is 6.23. The minimum atomic E-state index is -0.196. The van der Waals surface area contributed by atoms with Crippen LogP contribution < -0.4 is 5.56 Å². The van der Waals surface area contributed by atoms with Crippen LogP contribution in [0.25, 0.3) is 105 Å². The second-order valence-electron chi connectivity index (χ2n) is 15.0. The highest BCUT2D eigenvalue weighted by atomic mass is 16.1. The average molecular weight is 756 g/mol. The Bertz CT molecular complexity index is 3680. The van der Waals surface area contributed by atoms with Crippen LogP contribution in [0.15, 0.2) is 205 Å². The summed E-state index contributed by atoms with van der Waals surface area (Å²) >= 11 is 0. The number of nitrogens with zero attached hydrogens (tertiary/aromatic N) is 5. The molecule has 0 fully saturated rings. The van der Waals surface area contributed by atoms with Crippen LogP contribution in [0.1, 0.15) is 0 Å². The summed E-state index contributed by atoms with van der Waals surface area (Å²) in [6.45, 7) is 0. The lowest BCUT2D eigenvalue weighted by Crippen LogP contribution is -2.21. The Morgan fingerprint density at radius 1 is 0.339 bits per heavy atom.